The number of rotatable bonds is 3. The van der Waals surface area contributed by atoms with Crippen molar-refractivity contribution in [2.24, 2.45) is 14.1 Å². The van der Waals surface area contributed by atoms with Crippen molar-refractivity contribution in [1.29, 1.82) is 0 Å². The lowest BCUT2D eigenvalue weighted by Crippen LogP contribution is -2.30. The largest absolute Gasteiger partial charge is 0.450 e. The van der Waals surface area contributed by atoms with Crippen molar-refractivity contribution in [2.45, 2.75) is 65.6 Å². The highest BCUT2D eigenvalue weighted by atomic mass is 16.3. The molecule has 1 aliphatic rings. The lowest BCUT2D eigenvalue weighted by atomic mass is 9.83. The smallest absolute Gasteiger partial charge is 0.213 e. The van der Waals surface area contributed by atoms with Gasteiger partial charge in [0.05, 0.1) is 0 Å². The average Bonchev–Trinajstić information content (AvgIpc) is 3.76. The Balaban J connectivity index is 0.000000148. The Labute approximate surface area is 345 Å². The van der Waals surface area contributed by atoms with Gasteiger partial charge in [0.2, 0.25) is 23.8 Å². The second-order valence-electron chi connectivity index (χ2n) is 16.4. The molecular formula is C54H50N2O2+2. The van der Waals surface area contributed by atoms with Gasteiger partial charge >= 0.3 is 0 Å². The maximum absolute atomic E-state index is 9.01. The first-order valence-electron chi connectivity index (χ1n) is 22.5. The number of pyridine rings is 2. The van der Waals surface area contributed by atoms with E-state index in [-0.39, 0.29) is 0 Å². The predicted octanol–water partition coefficient (Wildman–Crippen LogP) is 13.7. The lowest BCUT2D eigenvalue weighted by molar-refractivity contribution is -0.659. The van der Waals surface area contributed by atoms with Crippen molar-refractivity contribution in [2.75, 3.05) is 0 Å². The first-order chi connectivity index (χ1) is 29.7. The molecule has 1 saturated carbocycles. The molecule has 0 radical (unpaired) electrons. The number of hydrogen-bond acceptors (Lipinski definition) is 2. The zero-order chi connectivity index (χ0) is 43.1. The first-order valence-corrected chi connectivity index (χ1v) is 20.5. The number of furan rings is 2. The molecule has 58 heavy (non-hydrogen) atoms. The number of aromatic nitrogens is 2. The molecule has 4 heteroatoms. The van der Waals surface area contributed by atoms with Crippen LogP contribution in [0.2, 0.25) is 0 Å². The van der Waals surface area contributed by atoms with E-state index < -0.39 is 12.7 Å². The molecule has 0 N–H and O–H groups in total. The number of nitrogens with zero attached hydrogens (tertiary/aromatic N) is 2. The van der Waals surface area contributed by atoms with Gasteiger partial charge in [0.1, 0.15) is 25.3 Å². The van der Waals surface area contributed by atoms with Gasteiger partial charge in [0, 0.05) is 50.3 Å². The second-order valence-corrected chi connectivity index (χ2v) is 16.4. The molecule has 286 valence electrons. The van der Waals surface area contributed by atoms with Crippen molar-refractivity contribution >= 4 is 65.4 Å². The summed E-state index contributed by atoms with van der Waals surface area (Å²) in [4.78, 5) is 0. The van der Waals surface area contributed by atoms with Gasteiger partial charge in [-0.2, -0.15) is 9.13 Å². The highest BCUT2D eigenvalue weighted by Crippen LogP contribution is 2.38. The maximum Gasteiger partial charge on any atom is 0.213 e. The van der Waals surface area contributed by atoms with Gasteiger partial charge < -0.3 is 8.83 Å². The minimum Gasteiger partial charge on any atom is -0.450 e. The van der Waals surface area contributed by atoms with Crippen LogP contribution in [0.3, 0.4) is 0 Å². The fourth-order valence-corrected chi connectivity index (χ4v) is 9.17. The van der Waals surface area contributed by atoms with Crippen LogP contribution in [0.5, 0.6) is 0 Å². The SMILES string of the molecule is [2H]C([2H])([2H])c1ccc(-c2cc3c(c[n+]2C)oc2cc4cc(C)ccc4cc23)c(C)c1.[2H]C1(c2ccc3cc4c(cc3c2)oc2c[n+](C)c(-c3ccccc3C)cc24)CCCCC1. The van der Waals surface area contributed by atoms with Gasteiger partial charge in [0.15, 0.2) is 11.2 Å². The van der Waals surface area contributed by atoms with Crippen LogP contribution < -0.4 is 9.13 Å². The van der Waals surface area contributed by atoms with Gasteiger partial charge in [-0.15, -0.1) is 0 Å². The molecule has 0 aliphatic heterocycles. The fraction of sp³-hybridized carbons (Fsp3) is 0.222. The number of fused-ring (bicyclic) bond motifs is 8. The van der Waals surface area contributed by atoms with E-state index in [9.17, 15) is 0 Å². The Morgan fingerprint density at radius 2 is 1.09 bits per heavy atom. The summed E-state index contributed by atoms with van der Waals surface area (Å²) in [5, 5.41) is 9.15. The van der Waals surface area contributed by atoms with Crippen LogP contribution in [0, 0.1) is 27.6 Å². The Bertz CT molecular complexity index is 3410. The van der Waals surface area contributed by atoms with E-state index in [1.54, 1.807) is 12.1 Å². The predicted molar refractivity (Wildman–Crippen MR) is 240 cm³/mol. The van der Waals surface area contributed by atoms with Gasteiger partial charge in [-0.3, -0.25) is 0 Å². The lowest BCUT2D eigenvalue weighted by Gasteiger charge is -2.22. The van der Waals surface area contributed by atoms with E-state index in [0.717, 1.165) is 97.3 Å². The molecule has 11 rings (SSSR count). The molecule has 6 aromatic carbocycles. The number of hydrogen-bond donors (Lipinski definition) is 0. The van der Waals surface area contributed by atoms with Gasteiger partial charge in [0.25, 0.3) is 0 Å². The molecule has 4 nitrogen and oxygen atoms in total. The third-order valence-electron chi connectivity index (χ3n) is 12.3. The van der Waals surface area contributed by atoms with Crippen molar-refractivity contribution in [3.05, 3.63) is 155 Å². The molecule has 0 saturated heterocycles. The quantitative estimate of drug-likeness (QED) is 0.168. The molecule has 0 amide bonds. The summed E-state index contributed by atoms with van der Waals surface area (Å²) in [5.74, 6) is -0.439. The van der Waals surface area contributed by atoms with Crippen LogP contribution in [0.4, 0.5) is 0 Å². The monoisotopic (exact) mass is 762 g/mol. The normalized spacial score (nSPS) is 15.4. The maximum atomic E-state index is 9.01. The van der Waals surface area contributed by atoms with Crippen LogP contribution in [0.1, 0.15) is 71.3 Å². The van der Waals surface area contributed by atoms with E-state index >= 15 is 0 Å². The summed E-state index contributed by atoms with van der Waals surface area (Å²) in [6, 6.07) is 40.0. The molecule has 1 fully saturated rings. The Morgan fingerprint density at radius 1 is 0.517 bits per heavy atom. The van der Waals surface area contributed by atoms with E-state index in [2.05, 4.69) is 129 Å². The molecule has 0 spiro atoms. The minimum atomic E-state index is -2.10. The van der Waals surface area contributed by atoms with Crippen LogP contribution in [-0.2, 0) is 14.1 Å². The molecule has 10 aromatic rings. The Morgan fingerprint density at radius 3 is 1.71 bits per heavy atom. The fourth-order valence-electron chi connectivity index (χ4n) is 9.17. The molecule has 0 bridgehead atoms. The number of benzene rings is 6. The second kappa shape index (κ2) is 14.3. The van der Waals surface area contributed by atoms with Gasteiger partial charge in [-0.05, 0) is 121 Å². The van der Waals surface area contributed by atoms with Crippen molar-refractivity contribution < 1.29 is 23.5 Å². The Kier molecular flexibility index (Phi) is 7.83. The highest BCUT2D eigenvalue weighted by molar-refractivity contribution is 6.11. The van der Waals surface area contributed by atoms with E-state index in [1.807, 2.05) is 30.8 Å². The van der Waals surface area contributed by atoms with Crippen LogP contribution in [-0.4, -0.2) is 0 Å². The highest BCUT2D eigenvalue weighted by Gasteiger charge is 2.21. The van der Waals surface area contributed by atoms with Gasteiger partial charge in [-0.1, -0.05) is 97.1 Å². The van der Waals surface area contributed by atoms with Crippen molar-refractivity contribution in [3.8, 4) is 22.5 Å². The average molecular weight is 763 g/mol. The summed E-state index contributed by atoms with van der Waals surface area (Å²) in [5.41, 5.74) is 12.9. The zero-order valence-corrected chi connectivity index (χ0v) is 33.9. The zero-order valence-electron chi connectivity index (χ0n) is 37.9. The van der Waals surface area contributed by atoms with Crippen molar-refractivity contribution in [1.82, 2.24) is 0 Å². The third-order valence-corrected chi connectivity index (χ3v) is 12.3. The summed E-state index contributed by atoms with van der Waals surface area (Å²) < 4.78 is 48.6. The van der Waals surface area contributed by atoms with Gasteiger partial charge in [-0.25, -0.2) is 0 Å². The van der Waals surface area contributed by atoms with Crippen LogP contribution in [0.25, 0.3) is 87.9 Å². The first kappa shape index (κ1) is 31.8. The summed E-state index contributed by atoms with van der Waals surface area (Å²) in [6.07, 6.45) is 9.59. The molecule has 0 atom stereocenters. The summed E-state index contributed by atoms with van der Waals surface area (Å²) in [7, 11) is 4.06. The van der Waals surface area contributed by atoms with Crippen LogP contribution in [0.15, 0.2) is 136 Å². The van der Waals surface area contributed by atoms with E-state index in [0.29, 0.717) is 5.56 Å². The van der Waals surface area contributed by atoms with Crippen molar-refractivity contribution in [3.63, 3.8) is 0 Å². The summed E-state index contributed by atoms with van der Waals surface area (Å²) >= 11 is 0. The molecular weight excluding hydrogens is 709 g/mol. The minimum absolute atomic E-state index is 0.364. The molecule has 4 aromatic heterocycles. The third kappa shape index (κ3) is 6.41. The molecule has 0 unspecified atom stereocenters. The standard InChI is InChI=1S/C29H28NO.C25H22NO/c1-19-8-6-7-11-24(19)27-17-26-25-15-22-13-12-21(20-9-4-3-5-10-20)14-23(22)16-28(25)31-29(26)18-30(27)2;1-15-6-8-20(17(3)9-15)23-13-22-21-11-18-7-5-16(2)10-19(18)12-24(21)27-25(22)14-26(23)4/h6-8,11-18,20H,3-5,9-10H2,1-2H3;5-14H,1-4H3/q2*+1/i20D;1D3. The summed E-state index contributed by atoms with van der Waals surface area (Å²) in [6.45, 7) is 4.10. The van der Waals surface area contributed by atoms with E-state index in [1.165, 1.54) is 45.0 Å². The topological polar surface area (TPSA) is 34.0 Å². The number of aryl methyl sites for hydroxylation is 6. The Hall–Kier alpha value is -6.26. The molecule has 4 heterocycles. The van der Waals surface area contributed by atoms with Crippen LogP contribution >= 0.6 is 0 Å². The van der Waals surface area contributed by atoms with E-state index in [4.69, 9.17) is 14.3 Å². The molecule has 1 aliphatic carbocycles.